The lowest BCUT2D eigenvalue weighted by Gasteiger charge is -2.21. The molecule has 1 N–H and O–H groups in total. The molecule has 0 spiro atoms. The van der Waals surface area contributed by atoms with Crippen LogP contribution < -0.4 is 0 Å². The highest BCUT2D eigenvalue weighted by Gasteiger charge is 2.20. The first kappa shape index (κ1) is 15.3. The molecule has 0 fully saturated rings. The lowest BCUT2D eigenvalue weighted by Crippen LogP contribution is -2.17. The van der Waals surface area contributed by atoms with Crippen molar-refractivity contribution in [3.8, 4) is 0 Å². The molecule has 2 aromatic rings. The molecule has 0 amide bonds. The number of H-pyrrole nitrogens is 1. The number of aromatic nitrogens is 2. The predicted molar refractivity (Wildman–Crippen MR) is 85.0 cm³/mol. The molecule has 0 aliphatic rings. The van der Waals surface area contributed by atoms with E-state index in [0.717, 1.165) is 21.6 Å². The third kappa shape index (κ3) is 3.52. The van der Waals surface area contributed by atoms with Crippen molar-refractivity contribution in [2.24, 2.45) is 0 Å². The number of hydrogen-bond acceptors (Lipinski definition) is 2. The Bertz CT molecular complexity index is 689. The van der Waals surface area contributed by atoms with Crippen molar-refractivity contribution in [2.45, 2.75) is 32.6 Å². The third-order valence-electron chi connectivity index (χ3n) is 2.92. The molecule has 0 aliphatic heterocycles. The molecule has 106 valence electrons. The highest BCUT2D eigenvalue weighted by molar-refractivity contribution is 9.10. The summed E-state index contributed by atoms with van der Waals surface area (Å²) in [6.07, 6.45) is 0.526. The van der Waals surface area contributed by atoms with Crippen molar-refractivity contribution in [1.29, 1.82) is 0 Å². The Hall–Kier alpha value is -1.07. The average molecular weight is 355 g/mol. The van der Waals surface area contributed by atoms with E-state index in [1.165, 1.54) is 12.1 Å². The smallest absolute Gasteiger partial charge is 0.144 e. The van der Waals surface area contributed by atoms with E-state index in [2.05, 4.69) is 46.7 Å². The monoisotopic (exact) mass is 354 g/mol. The van der Waals surface area contributed by atoms with Crippen LogP contribution in [0.15, 0.2) is 28.7 Å². The summed E-state index contributed by atoms with van der Waals surface area (Å²) in [5, 5.41) is 0. The second-order valence-corrected chi connectivity index (χ2v) is 6.91. The van der Waals surface area contributed by atoms with Crippen molar-refractivity contribution in [2.75, 3.05) is 0 Å². The van der Waals surface area contributed by atoms with Gasteiger partial charge in [-0.05, 0) is 33.6 Å². The largest absolute Gasteiger partial charge is 0.345 e. The topological polar surface area (TPSA) is 28.7 Å². The van der Waals surface area contributed by atoms with Crippen molar-refractivity contribution < 1.29 is 4.39 Å². The number of benzene rings is 1. The fraction of sp³-hybridized carbons (Fsp3) is 0.333. The first-order chi connectivity index (χ1) is 9.27. The molecule has 20 heavy (non-hydrogen) atoms. The molecule has 0 saturated carbocycles. The highest BCUT2D eigenvalue weighted by atomic mass is 79.9. The van der Waals surface area contributed by atoms with Crippen LogP contribution in [0, 0.1) is 10.5 Å². The van der Waals surface area contributed by atoms with Gasteiger partial charge in [0.05, 0.1) is 4.47 Å². The van der Waals surface area contributed by atoms with Gasteiger partial charge in [0.1, 0.15) is 16.3 Å². The van der Waals surface area contributed by atoms with Crippen LogP contribution in [-0.4, -0.2) is 9.97 Å². The van der Waals surface area contributed by atoms with Crippen LogP contribution in [0.2, 0.25) is 0 Å². The summed E-state index contributed by atoms with van der Waals surface area (Å²) < 4.78 is 14.6. The van der Waals surface area contributed by atoms with Gasteiger partial charge < -0.3 is 4.98 Å². The Labute approximate surface area is 131 Å². The molecule has 0 radical (unpaired) electrons. The van der Waals surface area contributed by atoms with Gasteiger partial charge >= 0.3 is 0 Å². The minimum Gasteiger partial charge on any atom is -0.345 e. The molecular formula is C15H16BrFN2S. The molecule has 0 aliphatic carbocycles. The van der Waals surface area contributed by atoms with E-state index in [9.17, 15) is 4.39 Å². The number of rotatable bonds is 2. The zero-order valence-electron chi connectivity index (χ0n) is 11.6. The molecule has 1 aromatic carbocycles. The molecule has 1 heterocycles. The zero-order valence-corrected chi connectivity index (χ0v) is 14.0. The van der Waals surface area contributed by atoms with Gasteiger partial charge in [0, 0.05) is 17.5 Å². The summed E-state index contributed by atoms with van der Waals surface area (Å²) in [5.74, 6) is 0.503. The minimum atomic E-state index is -0.241. The van der Waals surface area contributed by atoms with Crippen LogP contribution in [0.4, 0.5) is 4.39 Å². The van der Waals surface area contributed by atoms with Crippen molar-refractivity contribution in [1.82, 2.24) is 9.97 Å². The first-order valence-electron chi connectivity index (χ1n) is 6.31. The number of nitrogens with zero attached hydrogens (tertiary/aromatic N) is 1. The first-order valence-corrected chi connectivity index (χ1v) is 7.51. The molecule has 1 aromatic heterocycles. The average Bonchev–Trinajstić information content (AvgIpc) is 2.32. The van der Waals surface area contributed by atoms with Crippen LogP contribution in [0.25, 0.3) is 0 Å². The zero-order chi connectivity index (χ0) is 14.9. The summed E-state index contributed by atoms with van der Waals surface area (Å²) in [7, 11) is 0. The molecule has 2 rings (SSSR count). The van der Waals surface area contributed by atoms with Gasteiger partial charge in [0.15, 0.2) is 0 Å². The van der Waals surface area contributed by atoms with Gasteiger partial charge in [-0.2, -0.15) is 0 Å². The fourth-order valence-corrected chi connectivity index (χ4v) is 2.94. The van der Waals surface area contributed by atoms with Crippen LogP contribution in [0.3, 0.4) is 0 Å². The van der Waals surface area contributed by atoms with Crippen molar-refractivity contribution in [3.05, 3.63) is 56.3 Å². The Morgan fingerprint density at radius 3 is 2.65 bits per heavy atom. The predicted octanol–water partition coefficient (Wildman–Crippen LogP) is 4.93. The summed E-state index contributed by atoms with van der Waals surface area (Å²) in [6.45, 7) is 6.30. The van der Waals surface area contributed by atoms with Crippen LogP contribution in [-0.2, 0) is 11.8 Å². The SMILES string of the molecule is CC(C)(C)c1[nH]c(Cc2cccc(F)c2)nc(=S)c1Br. The minimum absolute atomic E-state index is 0.0774. The molecule has 5 heteroatoms. The van der Waals surface area contributed by atoms with E-state index >= 15 is 0 Å². The second-order valence-electron chi connectivity index (χ2n) is 5.73. The van der Waals surface area contributed by atoms with Crippen LogP contribution in [0.1, 0.15) is 37.9 Å². The Kier molecular flexibility index (Phi) is 4.39. The van der Waals surface area contributed by atoms with Gasteiger partial charge in [0.2, 0.25) is 0 Å². The van der Waals surface area contributed by atoms with Crippen LogP contribution >= 0.6 is 28.1 Å². The molecular weight excluding hydrogens is 339 g/mol. The number of nitrogens with one attached hydrogen (secondary N) is 1. The van der Waals surface area contributed by atoms with E-state index in [-0.39, 0.29) is 11.2 Å². The van der Waals surface area contributed by atoms with Gasteiger partial charge in [-0.3, -0.25) is 0 Å². The maximum absolute atomic E-state index is 13.2. The van der Waals surface area contributed by atoms with E-state index in [0.29, 0.717) is 11.1 Å². The van der Waals surface area contributed by atoms with Gasteiger partial charge in [0.25, 0.3) is 0 Å². The van der Waals surface area contributed by atoms with Gasteiger partial charge in [-0.15, -0.1) is 0 Å². The molecule has 0 atom stereocenters. The summed E-state index contributed by atoms with van der Waals surface area (Å²) >= 11 is 8.78. The van der Waals surface area contributed by atoms with E-state index in [1.807, 2.05) is 6.07 Å². The third-order valence-corrected chi connectivity index (χ3v) is 4.25. The molecule has 2 nitrogen and oxygen atoms in total. The fourth-order valence-electron chi connectivity index (χ4n) is 1.95. The Morgan fingerprint density at radius 2 is 2.05 bits per heavy atom. The molecule has 0 unspecified atom stereocenters. The van der Waals surface area contributed by atoms with E-state index < -0.39 is 0 Å². The number of hydrogen-bond donors (Lipinski definition) is 1. The summed E-state index contributed by atoms with van der Waals surface area (Å²) in [4.78, 5) is 7.68. The highest BCUT2D eigenvalue weighted by Crippen LogP contribution is 2.28. The van der Waals surface area contributed by atoms with Crippen molar-refractivity contribution in [3.63, 3.8) is 0 Å². The second kappa shape index (κ2) is 5.74. The quantitative estimate of drug-likeness (QED) is 0.774. The summed E-state index contributed by atoms with van der Waals surface area (Å²) in [6, 6.07) is 6.52. The molecule has 0 bridgehead atoms. The lowest BCUT2D eigenvalue weighted by molar-refractivity contribution is 0.558. The normalized spacial score (nSPS) is 11.7. The Balaban J connectivity index is 2.44. The molecule has 0 saturated heterocycles. The lowest BCUT2D eigenvalue weighted by atomic mass is 9.92. The van der Waals surface area contributed by atoms with Gasteiger partial charge in [-0.25, -0.2) is 9.37 Å². The number of halogens is 2. The van der Waals surface area contributed by atoms with E-state index in [4.69, 9.17) is 12.2 Å². The van der Waals surface area contributed by atoms with Gasteiger partial charge in [-0.1, -0.05) is 45.1 Å². The maximum Gasteiger partial charge on any atom is 0.144 e. The van der Waals surface area contributed by atoms with Crippen molar-refractivity contribution >= 4 is 28.1 Å². The number of aromatic amines is 1. The Morgan fingerprint density at radius 1 is 1.35 bits per heavy atom. The standard InChI is InChI=1S/C15H16BrFN2S/c1-15(2,3)13-12(16)14(20)19-11(18-13)8-9-5-4-6-10(17)7-9/h4-7H,8H2,1-3H3,(H,18,19,20). The maximum atomic E-state index is 13.2. The summed E-state index contributed by atoms with van der Waals surface area (Å²) in [5.41, 5.74) is 1.79. The van der Waals surface area contributed by atoms with E-state index in [1.54, 1.807) is 6.07 Å². The van der Waals surface area contributed by atoms with Crippen LogP contribution in [0.5, 0.6) is 0 Å².